The number of rotatable bonds is 6. The van der Waals surface area contributed by atoms with Crippen molar-refractivity contribution in [1.82, 2.24) is 0 Å². The monoisotopic (exact) mass is 388 g/mol. The van der Waals surface area contributed by atoms with Crippen molar-refractivity contribution in [2.75, 3.05) is 6.35 Å². The number of phenols is 1. The van der Waals surface area contributed by atoms with Crippen molar-refractivity contribution in [2.24, 2.45) is 0 Å². The van der Waals surface area contributed by atoms with Gasteiger partial charge in [0.1, 0.15) is 27.2 Å². The molecule has 3 N–H and O–H groups in total. The van der Waals surface area contributed by atoms with Crippen molar-refractivity contribution < 1.29 is 24.2 Å². The molecule has 0 aliphatic heterocycles. The van der Waals surface area contributed by atoms with Crippen LogP contribution in [0.3, 0.4) is 0 Å². The molecule has 0 aliphatic carbocycles. The number of hydrogen-bond donors (Lipinski definition) is 3. The third-order valence-electron chi connectivity index (χ3n) is 5.18. The van der Waals surface area contributed by atoms with E-state index in [1.54, 1.807) is 6.07 Å². The van der Waals surface area contributed by atoms with Crippen LogP contribution >= 0.6 is 7.60 Å². The normalized spacial score (nSPS) is 11.8. The van der Waals surface area contributed by atoms with E-state index in [4.69, 9.17) is 14.5 Å². The molecule has 8 heteroatoms. The molecule has 0 amide bonds. The maximum Gasteiger partial charge on any atom is 0.362 e. The third kappa shape index (κ3) is 4.98. The fourth-order valence-electron chi connectivity index (χ4n) is 3.37. The van der Waals surface area contributed by atoms with Gasteiger partial charge >= 0.3 is 7.60 Å². The van der Waals surface area contributed by atoms with Crippen LogP contribution in [0.15, 0.2) is 18.2 Å². The van der Waals surface area contributed by atoms with Gasteiger partial charge in [0.25, 0.3) is 0 Å². The van der Waals surface area contributed by atoms with Gasteiger partial charge in [-0.25, -0.2) is 0 Å². The van der Waals surface area contributed by atoms with Crippen molar-refractivity contribution in [3.8, 4) is 11.5 Å². The molecule has 0 aliphatic rings. The van der Waals surface area contributed by atoms with Crippen molar-refractivity contribution >= 4 is 34.2 Å². The molecule has 0 saturated carbocycles. The van der Waals surface area contributed by atoms with Gasteiger partial charge in [-0.3, -0.25) is 4.57 Å². The second-order valence-corrected chi connectivity index (χ2v) is 9.06. The molecular formula is C19H27B2O5P. The molecule has 0 radical (unpaired) electrons. The van der Waals surface area contributed by atoms with Gasteiger partial charge in [0.15, 0.2) is 6.35 Å². The fourth-order valence-corrected chi connectivity index (χ4v) is 3.66. The highest BCUT2D eigenvalue weighted by atomic mass is 31.2. The first kappa shape index (κ1) is 21.6. The largest absolute Gasteiger partial charge is 0.508 e. The van der Waals surface area contributed by atoms with Crippen LogP contribution in [0.5, 0.6) is 11.5 Å². The van der Waals surface area contributed by atoms with Gasteiger partial charge < -0.3 is 19.6 Å². The molecule has 2 aromatic rings. The molecule has 0 bridgehead atoms. The average molecular weight is 388 g/mol. The molecule has 27 heavy (non-hydrogen) atoms. The summed E-state index contributed by atoms with van der Waals surface area (Å²) < 4.78 is 16.6. The Morgan fingerprint density at radius 2 is 1.67 bits per heavy atom. The molecule has 0 unspecified atom stereocenters. The Labute approximate surface area is 162 Å². The predicted octanol–water partition coefficient (Wildman–Crippen LogP) is 0.754. The summed E-state index contributed by atoms with van der Waals surface area (Å²) in [6, 6.07) is 5.72. The first-order chi connectivity index (χ1) is 12.4. The smallest absolute Gasteiger partial charge is 0.362 e. The van der Waals surface area contributed by atoms with Crippen molar-refractivity contribution in [3.63, 3.8) is 0 Å². The molecule has 0 aromatic heterocycles. The number of phenolic OH excluding ortho intramolecular Hbond substituents is 1. The van der Waals surface area contributed by atoms with Gasteiger partial charge in [0.05, 0.1) is 0 Å². The van der Waals surface area contributed by atoms with Crippen LogP contribution in [0.1, 0.15) is 47.6 Å². The van der Waals surface area contributed by atoms with Crippen molar-refractivity contribution in [3.05, 3.63) is 46.0 Å². The van der Waals surface area contributed by atoms with Crippen LogP contribution in [0.25, 0.3) is 0 Å². The highest BCUT2D eigenvalue weighted by Gasteiger charge is 2.20. The van der Waals surface area contributed by atoms with Crippen LogP contribution in [0.2, 0.25) is 0 Å². The maximum atomic E-state index is 11.2. The summed E-state index contributed by atoms with van der Waals surface area (Å²) in [6.45, 7) is 8.12. The second-order valence-electron chi connectivity index (χ2n) is 7.47. The maximum absolute atomic E-state index is 11.2. The molecular weight excluding hydrogens is 361 g/mol. The average Bonchev–Trinajstić information content (AvgIpc) is 2.57. The Kier molecular flexibility index (Phi) is 6.51. The zero-order chi connectivity index (χ0) is 20.5. The Morgan fingerprint density at radius 1 is 1.11 bits per heavy atom. The van der Waals surface area contributed by atoms with Crippen molar-refractivity contribution in [1.29, 1.82) is 0 Å². The summed E-state index contributed by atoms with van der Waals surface area (Å²) in [6.07, 6.45) is 0.0980. The van der Waals surface area contributed by atoms with Crippen LogP contribution in [0, 0.1) is 13.8 Å². The molecule has 2 aromatic carbocycles. The van der Waals surface area contributed by atoms with Gasteiger partial charge in [-0.1, -0.05) is 37.1 Å². The summed E-state index contributed by atoms with van der Waals surface area (Å²) >= 11 is 0. The number of ether oxygens (including phenoxy) is 1. The number of hydrogen-bond acceptors (Lipinski definition) is 3. The first-order valence-corrected chi connectivity index (χ1v) is 10.8. The van der Waals surface area contributed by atoms with E-state index >= 15 is 0 Å². The van der Waals surface area contributed by atoms with Crippen LogP contribution in [-0.4, -0.2) is 36.9 Å². The molecule has 0 spiro atoms. The quantitative estimate of drug-likeness (QED) is 0.503. The van der Waals surface area contributed by atoms with Crippen LogP contribution in [-0.2, 0) is 11.0 Å². The SMILES string of the molecule is Bc1c(C)c(Cc2ccc(O)c(C(C)C)c2)c(C)c(B)c1OCP(=O)(O)O. The summed E-state index contributed by atoms with van der Waals surface area (Å²) in [5.74, 6) is 1.10. The van der Waals surface area contributed by atoms with Gasteiger partial charge in [0, 0.05) is 0 Å². The highest BCUT2D eigenvalue weighted by molar-refractivity contribution is 7.51. The predicted molar refractivity (Wildman–Crippen MR) is 115 cm³/mol. The van der Waals surface area contributed by atoms with Crippen LogP contribution < -0.4 is 15.7 Å². The lowest BCUT2D eigenvalue weighted by molar-refractivity contribution is 0.303. The standard InChI is InChI=1S/C19H27B2O5P/c1-10(2)14-7-13(5-6-16(14)22)8-15-11(3)17(20)19(18(21)12(15)4)26-9-27(23,24)25/h5-7,10,22H,8-9,20-21H2,1-4H3,(H2,23,24,25). The Morgan fingerprint density at radius 3 is 2.15 bits per heavy atom. The van der Waals surface area contributed by atoms with E-state index in [9.17, 15) is 9.67 Å². The van der Waals surface area contributed by atoms with E-state index in [0.717, 1.165) is 39.6 Å². The molecule has 144 valence electrons. The molecule has 0 heterocycles. The number of benzene rings is 2. The lowest BCUT2D eigenvalue weighted by atomic mass is 9.76. The molecule has 2 rings (SSSR count). The zero-order valence-electron chi connectivity index (χ0n) is 16.8. The van der Waals surface area contributed by atoms with E-state index in [1.807, 2.05) is 41.7 Å². The van der Waals surface area contributed by atoms with Gasteiger partial charge in [-0.15, -0.1) is 0 Å². The summed E-state index contributed by atoms with van der Waals surface area (Å²) in [5, 5.41) is 10.0. The molecule has 5 nitrogen and oxygen atoms in total. The molecule has 0 fully saturated rings. The lowest BCUT2D eigenvalue weighted by Gasteiger charge is -2.22. The van der Waals surface area contributed by atoms with Gasteiger partial charge in [-0.05, 0) is 59.9 Å². The zero-order valence-corrected chi connectivity index (χ0v) is 17.7. The highest BCUT2D eigenvalue weighted by Crippen LogP contribution is 2.34. The van der Waals surface area contributed by atoms with Crippen LogP contribution in [0.4, 0.5) is 0 Å². The summed E-state index contributed by atoms with van der Waals surface area (Å²) in [7, 11) is -0.407. The van der Waals surface area contributed by atoms with E-state index in [1.165, 1.54) is 5.56 Å². The second kappa shape index (κ2) is 8.14. The van der Waals surface area contributed by atoms with Gasteiger partial charge in [-0.2, -0.15) is 0 Å². The topological polar surface area (TPSA) is 87.0 Å². The Hall–Kier alpha value is -1.68. The Bertz CT molecular complexity index is 876. The lowest BCUT2D eigenvalue weighted by Crippen LogP contribution is -2.27. The minimum atomic E-state index is -4.23. The third-order valence-corrected chi connectivity index (χ3v) is 5.65. The molecule has 0 atom stereocenters. The van der Waals surface area contributed by atoms with E-state index in [0.29, 0.717) is 11.5 Å². The minimum Gasteiger partial charge on any atom is -0.508 e. The number of aromatic hydroxyl groups is 1. The van der Waals surface area contributed by atoms with Crippen molar-refractivity contribution in [2.45, 2.75) is 40.0 Å². The van der Waals surface area contributed by atoms with E-state index in [-0.39, 0.29) is 5.92 Å². The molecule has 0 saturated heterocycles. The first-order valence-electron chi connectivity index (χ1n) is 9.00. The summed E-state index contributed by atoms with van der Waals surface area (Å²) in [4.78, 5) is 18.2. The minimum absolute atomic E-state index is 0.235. The Balaban J connectivity index is 2.44. The fraction of sp³-hybridized carbons (Fsp3) is 0.368. The van der Waals surface area contributed by atoms with E-state index < -0.39 is 13.9 Å². The van der Waals surface area contributed by atoms with E-state index in [2.05, 4.69) is 13.8 Å². The summed E-state index contributed by atoms with van der Waals surface area (Å²) in [5.41, 5.74) is 7.11. The van der Waals surface area contributed by atoms with Gasteiger partial charge in [0.2, 0.25) is 0 Å².